The van der Waals surface area contributed by atoms with Gasteiger partial charge in [0.1, 0.15) is 5.75 Å². The number of aromatic nitrogens is 2. The van der Waals surface area contributed by atoms with E-state index in [1.807, 2.05) is 6.07 Å². The van der Waals surface area contributed by atoms with Crippen molar-refractivity contribution in [3.05, 3.63) is 30.1 Å². The quantitative estimate of drug-likeness (QED) is 0.565. The van der Waals surface area contributed by atoms with Gasteiger partial charge in [-0.25, -0.2) is 0 Å². The average molecular weight is 381 g/mol. The Bertz CT molecular complexity index is 1050. The lowest BCUT2D eigenvalue weighted by molar-refractivity contribution is -0.136. The van der Waals surface area contributed by atoms with E-state index in [0.717, 1.165) is 17.6 Å². The second-order valence-corrected chi connectivity index (χ2v) is 7.49. The molecule has 0 aliphatic heterocycles. The molecule has 1 aromatic carbocycles. The molecule has 0 atom stereocenters. The van der Waals surface area contributed by atoms with Crippen molar-refractivity contribution in [1.82, 2.24) is 9.55 Å². The van der Waals surface area contributed by atoms with Gasteiger partial charge in [-0.05, 0) is 30.4 Å². The van der Waals surface area contributed by atoms with E-state index in [-0.39, 0.29) is 12.2 Å². The number of hydrogen-bond donors (Lipinski definition) is 3. The molecule has 2 heterocycles. The molecule has 0 bridgehead atoms. The van der Waals surface area contributed by atoms with Crippen LogP contribution in [-0.2, 0) is 22.6 Å². The predicted octanol–water partition coefficient (Wildman–Crippen LogP) is 3.67. The molecule has 7 nitrogen and oxygen atoms in total. The zero-order valence-corrected chi connectivity index (χ0v) is 15.5. The molecule has 2 aromatic heterocycles. The summed E-state index contributed by atoms with van der Waals surface area (Å²) in [5.41, 5.74) is 2.59. The standard InChI is InChI=1S/C21H23N3O4/c25-12-23-21-14(8-18(27)28)6-7-15-20(21)19-16(9-22-10-17(19)26)24(15)11-13-4-2-1-3-5-13/h6-7,9-10,12-13,26H,1-5,8,11H2,(H,23,25)(H,27,28). The molecule has 4 rings (SSSR count). The number of pyridine rings is 1. The summed E-state index contributed by atoms with van der Waals surface area (Å²) in [6, 6.07) is 3.62. The number of carbonyl (C=O) groups excluding carboxylic acids is 1. The van der Waals surface area contributed by atoms with Crippen LogP contribution in [0.2, 0.25) is 0 Å². The van der Waals surface area contributed by atoms with Crippen LogP contribution in [0.5, 0.6) is 5.75 Å². The highest BCUT2D eigenvalue weighted by atomic mass is 16.4. The number of anilines is 1. The highest BCUT2D eigenvalue weighted by molar-refractivity contribution is 6.18. The Hall–Kier alpha value is -3.09. The number of carboxylic acid groups (broad SMARTS) is 1. The second kappa shape index (κ2) is 7.50. The van der Waals surface area contributed by atoms with Crippen LogP contribution in [0.4, 0.5) is 5.69 Å². The van der Waals surface area contributed by atoms with Crippen LogP contribution in [0.1, 0.15) is 37.7 Å². The molecule has 7 heteroatoms. The fraction of sp³-hybridized carbons (Fsp3) is 0.381. The lowest BCUT2D eigenvalue weighted by Crippen LogP contribution is -2.14. The molecule has 0 spiro atoms. The van der Waals surface area contributed by atoms with Gasteiger partial charge in [0.2, 0.25) is 6.41 Å². The van der Waals surface area contributed by atoms with E-state index >= 15 is 0 Å². The highest BCUT2D eigenvalue weighted by Gasteiger charge is 2.22. The van der Waals surface area contributed by atoms with E-state index in [1.54, 1.807) is 12.3 Å². The maximum atomic E-state index is 11.3. The molecular weight excluding hydrogens is 358 g/mol. The molecule has 146 valence electrons. The minimum Gasteiger partial charge on any atom is -0.506 e. The number of amides is 1. The third-order valence-electron chi connectivity index (χ3n) is 5.72. The van der Waals surface area contributed by atoms with Gasteiger partial charge in [-0.3, -0.25) is 14.6 Å². The molecule has 1 aliphatic rings. The van der Waals surface area contributed by atoms with Gasteiger partial charge in [0.15, 0.2) is 0 Å². The summed E-state index contributed by atoms with van der Waals surface area (Å²) in [5.74, 6) is -0.410. The summed E-state index contributed by atoms with van der Waals surface area (Å²) in [7, 11) is 0. The Morgan fingerprint density at radius 2 is 1.96 bits per heavy atom. The summed E-state index contributed by atoms with van der Waals surface area (Å²) in [6.07, 6.45) is 9.50. The summed E-state index contributed by atoms with van der Waals surface area (Å²) in [5, 5.41) is 23.7. The van der Waals surface area contributed by atoms with Crippen LogP contribution in [0.25, 0.3) is 21.8 Å². The Labute approximate surface area is 162 Å². The Morgan fingerprint density at radius 3 is 2.68 bits per heavy atom. The van der Waals surface area contributed by atoms with Crippen LogP contribution >= 0.6 is 0 Å². The van der Waals surface area contributed by atoms with Crippen molar-refractivity contribution in [2.75, 3.05) is 5.32 Å². The second-order valence-electron chi connectivity index (χ2n) is 7.49. The van der Waals surface area contributed by atoms with Crippen molar-refractivity contribution in [1.29, 1.82) is 0 Å². The third kappa shape index (κ3) is 3.17. The van der Waals surface area contributed by atoms with Gasteiger partial charge in [0, 0.05) is 11.9 Å². The molecule has 0 radical (unpaired) electrons. The van der Waals surface area contributed by atoms with Crippen molar-refractivity contribution in [3.8, 4) is 5.75 Å². The van der Waals surface area contributed by atoms with Crippen molar-refractivity contribution >= 4 is 39.9 Å². The van der Waals surface area contributed by atoms with Gasteiger partial charge >= 0.3 is 5.97 Å². The van der Waals surface area contributed by atoms with E-state index in [0.29, 0.717) is 34.4 Å². The highest BCUT2D eigenvalue weighted by Crippen LogP contribution is 2.41. The first-order valence-electron chi connectivity index (χ1n) is 9.63. The predicted molar refractivity (Wildman–Crippen MR) is 107 cm³/mol. The molecule has 3 N–H and O–H groups in total. The fourth-order valence-electron chi connectivity index (χ4n) is 4.50. The van der Waals surface area contributed by atoms with Crippen molar-refractivity contribution < 1.29 is 19.8 Å². The number of carbonyl (C=O) groups is 2. The van der Waals surface area contributed by atoms with Crippen molar-refractivity contribution in [3.63, 3.8) is 0 Å². The SMILES string of the molecule is O=CNc1c(CC(=O)O)ccc2c1c1c(O)cncc1n2CC1CCCCC1. The third-order valence-corrected chi connectivity index (χ3v) is 5.72. The number of aromatic hydroxyl groups is 1. The number of rotatable bonds is 6. The minimum atomic E-state index is -0.981. The van der Waals surface area contributed by atoms with E-state index < -0.39 is 5.97 Å². The van der Waals surface area contributed by atoms with Gasteiger partial charge in [0.05, 0.1) is 40.9 Å². The molecule has 1 aliphatic carbocycles. The number of nitrogens with zero attached hydrogens (tertiary/aromatic N) is 2. The summed E-state index contributed by atoms with van der Waals surface area (Å²) < 4.78 is 2.15. The first kappa shape index (κ1) is 18.3. The largest absolute Gasteiger partial charge is 0.506 e. The smallest absolute Gasteiger partial charge is 0.307 e. The van der Waals surface area contributed by atoms with Gasteiger partial charge in [-0.2, -0.15) is 0 Å². The lowest BCUT2D eigenvalue weighted by Gasteiger charge is -2.23. The zero-order valence-electron chi connectivity index (χ0n) is 15.5. The van der Waals surface area contributed by atoms with E-state index in [2.05, 4.69) is 14.9 Å². The summed E-state index contributed by atoms with van der Waals surface area (Å²) in [6.45, 7) is 0.809. The Kier molecular flexibility index (Phi) is 4.90. The average Bonchev–Trinajstić information content (AvgIpc) is 2.99. The topological polar surface area (TPSA) is 104 Å². The van der Waals surface area contributed by atoms with E-state index in [9.17, 15) is 19.8 Å². The van der Waals surface area contributed by atoms with Crippen molar-refractivity contribution in [2.45, 2.75) is 45.1 Å². The normalized spacial score (nSPS) is 15.1. The number of fused-ring (bicyclic) bond motifs is 3. The van der Waals surface area contributed by atoms with Gasteiger partial charge in [-0.15, -0.1) is 0 Å². The molecule has 0 saturated heterocycles. The van der Waals surface area contributed by atoms with Gasteiger partial charge < -0.3 is 20.1 Å². The molecule has 3 aromatic rings. The maximum absolute atomic E-state index is 11.3. The number of carboxylic acids is 1. The first-order chi connectivity index (χ1) is 13.6. The van der Waals surface area contributed by atoms with Crippen LogP contribution in [0.3, 0.4) is 0 Å². The maximum Gasteiger partial charge on any atom is 0.307 e. The zero-order chi connectivity index (χ0) is 19.7. The summed E-state index contributed by atoms with van der Waals surface area (Å²) in [4.78, 5) is 26.7. The van der Waals surface area contributed by atoms with Gasteiger partial charge in [0.25, 0.3) is 0 Å². The minimum absolute atomic E-state index is 0.0197. The van der Waals surface area contributed by atoms with Crippen LogP contribution in [-0.4, -0.2) is 32.1 Å². The molecule has 1 fully saturated rings. The number of nitrogens with one attached hydrogen (secondary N) is 1. The van der Waals surface area contributed by atoms with Crippen LogP contribution in [0, 0.1) is 5.92 Å². The summed E-state index contributed by atoms with van der Waals surface area (Å²) >= 11 is 0. The number of hydrogen-bond acceptors (Lipinski definition) is 4. The van der Waals surface area contributed by atoms with Gasteiger partial charge in [-0.1, -0.05) is 25.3 Å². The number of benzene rings is 1. The lowest BCUT2D eigenvalue weighted by atomic mass is 9.89. The van der Waals surface area contributed by atoms with Crippen LogP contribution in [0.15, 0.2) is 24.5 Å². The van der Waals surface area contributed by atoms with Crippen LogP contribution < -0.4 is 5.32 Å². The molecule has 0 unspecified atom stereocenters. The van der Waals surface area contributed by atoms with E-state index in [4.69, 9.17) is 0 Å². The molecule has 1 saturated carbocycles. The Balaban J connectivity index is 1.98. The monoisotopic (exact) mass is 381 g/mol. The molecule has 1 amide bonds. The first-order valence-corrected chi connectivity index (χ1v) is 9.63. The number of aliphatic carboxylic acids is 1. The van der Waals surface area contributed by atoms with E-state index in [1.165, 1.54) is 38.3 Å². The van der Waals surface area contributed by atoms with Crippen molar-refractivity contribution in [2.24, 2.45) is 5.92 Å². The molecule has 28 heavy (non-hydrogen) atoms. The Morgan fingerprint density at radius 1 is 1.18 bits per heavy atom. The fourth-order valence-corrected chi connectivity index (χ4v) is 4.50. The molecular formula is C21H23N3O4.